The smallest absolute Gasteiger partial charge is 0.393 e. The Morgan fingerprint density at radius 3 is 2.18 bits per heavy atom. The molecule has 0 fully saturated rings. The summed E-state index contributed by atoms with van der Waals surface area (Å²) in [6.45, 7) is 13.3. The lowest BCUT2D eigenvalue weighted by Gasteiger charge is -2.18. The zero-order valence-electron chi connectivity index (χ0n) is 32.2. The number of carbonyl (C=O) groups excluding carboxylic acids is 1. The molecular formula is C36H50F4N6O6SSi2. The van der Waals surface area contributed by atoms with Crippen molar-refractivity contribution < 1.29 is 45.0 Å². The van der Waals surface area contributed by atoms with E-state index in [0.717, 1.165) is 24.2 Å². The molecule has 0 aliphatic carbocycles. The van der Waals surface area contributed by atoms with Gasteiger partial charge in [0.1, 0.15) is 12.5 Å². The van der Waals surface area contributed by atoms with E-state index in [-0.39, 0.29) is 59.3 Å². The van der Waals surface area contributed by atoms with Gasteiger partial charge in [-0.15, -0.1) is 0 Å². The second-order valence-electron chi connectivity index (χ2n) is 15.7. The maximum Gasteiger partial charge on any atom is 0.393 e. The number of hydrogen-bond donors (Lipinski definition) is 3. The summed E-state index contributed by atoms with van der Waals surface area (Å²) in [6, 6.07) is 11.6. The minimum atomic E-state index is -4.69. The predicted octanol–water partition coefficient (Wildman–Crippen LogP) is 7.11. The van der Waals surface area contributed by atoms with Gasteiger partial charge in [0.2, 0.25) is 10.0 Å². The van der Waals surface area contributed by atoms with Gasteiger partial charge in [-0.1, -0.05) is 63.5 Å². The maximum absolute atomic E-state index is 15.7. The summed E-state index contributed by atoms with van der Waals surface area (Å²) >= 11 is 0. The first-order valence-electron chi connectivity index (χ1n) is 17.7. The quantitative estimate of drug-likeness (QED) is 0.0388. The van der Waals surface area contributed by atoms with E-state index in [1.165, 1.54) is 17.8 Å². The van der Waals surface area contributed by atoms with Crippen molar-refractivity contribution in [2.24, 2.45) is 5.14 Å². The standard InChI is InChI=1S/C36H50F4N6O6SSi2/c1-42-35(47)33-32-30(46(45-33)22-50-12-14-54(2,3)4)18-29(44-34(32)43-20-24-10-8-9-11-25(24)21-53(41,48)49)27-17-28(37)31(16-26(27)19-36(38,39)40)52-23-51-13-15-55(5,6)7/h8-11,16-18H,12-15,19-23H2,1-7H3,(H,42,47)(H,43,44)(H2,41,48,49). The molecule has 0 saturated carbocycles. The summed E-state index contributed by atoms with van der Waals surface area (Å²) in [5.74, 6) is -2.35. The molecule has 2 aromatic carbocycles. The Balaban J connectivity index is 1.87. The zero-order valence-corrected chi connectivity index (χ0v) is 35.0. The third kappa shape index (κ3) is 13.4. The van der Waals surface area contributed by atoms with Crippen molar-refractivity contribution in [3.8, 4) is 17.0 Å². The van der Waals surface area contributed by atoms with Gasteiger partial charge in [-0.3, -0.25) is 4.79 Å². The third-order valence-corrected chi connectivity index (χ3v) is 12.5. The molecule has 0 radical (unpaired) electrons. The van der Waals surface area contributed by atoms with Gasteiger partial charge in [-0.05, 0) is 47.0 Å². The van der Waals surface area contributed by atoms with Crippen molar-refractivity contribution in [2.45, 2.75) is 83.0 Å². The van der Waals surface area contributed by atoms with Crippen LogP contribution in [0.25, 0.3) is 22.2 Å². The summed E-state index contributed by atoms with van der Waals surface area (Å²) in [5.41, 5.74) is 0.601. The number of anilines is 1. The first-order valence-corrected chi connectivity index (χ1v) is 26.8. The van der Waals surface area contributed by atoms with Gasteiger partial charge in [0, 0.05) is 48.5 Å². The van der Waals surface area contributed by atoms with Crippen LogP contribution in [-0.2, 0) is 44.9 Å². The van der Waals surface area contributed by atoms with E-state index < -0.39 is 62.0 Å². The Labute approximate surface area is 321 Å². The normalized spacial score (nSPS) is 12.7. The second kappa shape index (κ2) is 17.9. The number of nitrogens with two attached hydrogens (primary N) is 1. The number of aromatic nitrogens is 3. The number of alkyl halides is 3. The number of nitrogens with one attached hydrogen (secondary N) is 2. The molecule has 0 unspecified atom stereocenters. The van der Waals surface area contributed by atoms with E-state index in [9.17, 15) is 26.4 Å². The molecule has 4 N–H and O–H groups in total. The monoisotopic (exact) mass is 826 g/mol. The van der Waals surface area contributed by atoms with Gasteiger partial charge >= 0.3 is 6.18 Å². The number of benzene rings is 2. The fraction of sp³-hybridized carbons (Fsp3) is 0.472. The SMILES string of the molecule is CNC(=O)c1nn(COCC[Si](C)(C)C)c2cc(-c3cc(F)c(OCOCC[Si](C)(C)C)cc3CC(F)(F)F)nc(NCc3ccccc3CS(N)(=O)=O)c12. The number of carbonyl (C=O) groups is 1. The van der Waals surface area contributed by atoms with Crippen LogP contribution in [0.2, 0.25) is 51.4 Å². The molecule has 0 aliphatic heterocycles. The van der Waals surface area contributed by atoms with Crippen molar-refractivity contribution >= 4 is 48.8 Å². The van der Waals surface area contributed by atoms with Gasteiger partial charge in [0.15, 0.2) is 24.1 Å². The Kier molecular flexibility index (Phi) is 14.3. The predicted molar refractivity (Wildman–Crippen MR) is 210 cm³/mol. The van der Waals surface area contributed by atoms with Crippen molar-refractivity contribution in [3.05, 3.63) is 70.7 Å². The average Bonchev–Trinajstić information content (AvgIpc) is 3.43. The van der Waals surface area contributed by atoms with Crippen molar-refractivity contribution in [3.63, 3.8) is 0 Å². The Bertz CT molecular complexity index is 2090. The Morgan fingerprint density at radius 1 is 0.945 bits per heavy atom. The van der Waals surface area contributed by atoms with E-state index >= 15 is 4.39 Å². The topological polar surface area (TPSA) is 160 Å². The van der Waals surface area contributed by atoms with Crippen LogP contribution in [0.4, 0.5) is 23.4 Å². The minimum absolute atomic E-state index is 0.0272. The Morgan fingerprint density at radius 2 is 1.58 bits per heavy atom. The molecular weight excluding hydrogens is 777 g/mol. The van der Waals surface area contributed by atoms with Gasteiger partial charge in [0.25, 0.3) is 5.91 Å². The van der Waals surface area contributed by atoms with E-state index in [0.29, 0.717) is 24.3 Å². The van der Waals surface area contributed by atoms with Crippen LogP contribution >= 0.6 is 0 Å². The highest BCUT2D eigenvalue weighted by Gasteiger charge is 2.31. The summed E-state index contributed by atoms with van der Waals surface area (Å²) in [7, 11) is -5.39. The molecule has 2 heterocycles. The number of rotatable bonds is 19. The number of hydrogen-bond acceptors (Lipinski definition) is 9. The second-order valence-corrected chi connectivity index (χ2v) is 28.5. The lowest BCUT2D eigenvalue weighted by molar-refractivity contribution is -0.127. The first-order chi connectivity index (χ1) is 25.5. The summed E-state index contributed by atoms with van der Waals surface area (Å²) < 4.78 is 100. The van der Waals surface area contributed by atoms with Crippen LogP contribution < -0.4 is 20.5 Å². The highest BCUT2D eigenvalue weighted by atomic mass is 32.2. The molecule has 302 valence electrons. The average molecular weight is 827 g/mol. The summed E-state index contributed by atoms with van der Waals surface area (Å²) in [6.07, 6.45) is -6.12. The number of primary sulfonamides is 1. The molecule has 0 aliphatic rings. The lowest BCUT2D eigenvalue weighted by Crippen LogP contribution is -2.22. The fourth-order valence-corrected chi connectivity index (χ4v) is 7.71. The molecule has 19 heteroatoms. The van der Waals surface area contributed by atoms with Crippen molar-refractivity contribution in [1.82, 2.24) is 20.1 Å². The van der Waals surface area contributed by atoms with Crippen LogP contribution in [0.15, 0.2) is 42.5 Å². The molecule has 2 aromatic heterocycles. The maximum atomic E-state index is 15.7. The molecule has 1 amide bonds. The number of ether oxygens (including phenoxy) is 3. The van der Waals surface area contributed by atoms with Crippen LogP contribution in [0.5, 0.6) is 5.75 Å². The molecule has 4 rings (SSSR count). The van der Waals surface area contributed by atoms with E-state index in [1.54, 1.807) is 24.3 Å². The summed E-state index contributed by atoms with van der Waals surface area (Å²) in [4.78, 5) is 17.9. The number of nitrogens with zero attached hydrogens (tertiary/aromatic N) is 3. The van der Waals surface area contributed by atoms with E-state index in [2.05, 4.69) is 60.0 Å². The van der Waals surface area contributed by atoms with E-state index in [1.807, 2.05) is 0 Å². The Hall–Kier alpha value is -3.89. The van der Waals surface area contributed by atoms with Gasteiger partial charge in [-0.25, -0.2) is 27.6 Å². The molecule has 55 heavy (non-hydrogen) atoms. The lowest BCUT2D eigenvalue weighted by atomic mass is 9.99. The highest BCUT2D eigenvalue weighted by Crippen LogP contribution is 2.37. The van der Waals surface area contributed by atoms with Crippen LogP contribution in [-0.4, -0.2) is 78.5 Å². The van der Waals surface area contributed by atoms with Crippen LogP contribution in [0, 0.1) is 5.82 Å². The molecule has 0 bridgehead atoms. The highest BCUT2D eigenvalue weighted by molar-refractivity contribution is 7.88. The molecule has 12 nitrogen and oxygen atoms in total. The van der Waals surface area contributed by atoms with E-state index in [4.69, 9.17) is 19.3 Å². The first kappa shape index (κ1) is 43.8. The third-order valence-electron chi connectivity index (χ3n) is 8.43. The van der Waals surface area contributed by atoms with Crippen LogP contribution in [0.3, 0.4) is 0 Å². The van der Waals surface area contributed by atoms with Crippen LogP contribution in [0.1, 0.15) is 27.2 Å². The fourth-order valence-electron chi connectivity index (χ4n) is 5.48. The number of pyridine rings is 1. The number of halogens is 4. The van der Waals surface area contributed by atoms with Crippen molar-refractivity contribution in [1.29, 1.82) is 0 Å². The number of sulfonamides is 1. The van der Waals surface area contributed by atoms with Gasteiger partial charge in [-0.2, -0.15) is 18.3 Å². The largest absolute Gasteiger partial charge is 0.464 e. The molecule has 0 atom stereocenters. The van der Waals surface area contributed by atoms with Gasteiger partial charge in [0.05, 0.1) is 28.8 Å². The number of fused-ring (bicyclic) bond motifs is 1. The molecule has 0 spiro atoms. The zero-order chi connectivity index (χ0) is 40.8. The minimum Gasteiger partial charge on any atom is -0.464 e. The summed E-state index contributed by atoms with van der Waals surface area (Å²) in [5, 5.41) is 15.8. The molecule has 0 saturated heterocycles. The molecule has 4 aromatic rings. The van der Waals surface area contributed by atoms with Crippen molar-refractivity contribution in [2.75, 3.05) is 32.4 Å². The number of amides is 1. The van der Waals surface area contributed by atoms with Gasteiger partial charge < -0.3 is 24.8 Å².